The summed E-state index contributed by atoms with van der Waals surface area (Å²) in [5.74, 6) is -0.471. The SMILES string of the molecule is CCNC(C)(CC(C)Oc1ccc([N+](=O)[O-])cc1)C(=O)O. The predicted molar refractivity (Wildman–Crippen MR) is 77.5 cm³/mol. The van der Waals surface area contributed by atoms with Crippen molar-refractivity contribution in [2.24, 2.45) is 0 Å². The topological polar surface area (TPSA) is 102 Å². The van der Waals surface area contributed by atoms with Crippen molar-refractivity contribution in [3.8, 4) is 5.75 Å². The number of nitro benzene ring substituents is 1. The maximum absolute atomic E-state index is 11.3. The molecule has 0 aliphatic rings. The average Bonchev–Trinajstić information content (AvgIpc) is 2.39. The number of non-ortho nitro benzene ring substituents is 1. The van der Waals surface area contributed by atoms with Gasteiger partial charge in [0, 0.05) is 18.6 Å². The van der Waals surface area contributed by atoms with Gasteiger partial charge >= 0.3 is 5.97 Å². The molecule has 0 aliphatic carbocycles. The molecule has 2 unspecified atom stereocenters. The van der Waals surface area contributed by atoms with Gasteiger partial charge in [-0.2, -0.15) is 0 Å². The van der Waals surface area contributed by atoms with Crippen molar-refractivity contribution in [2.75, 3.05) is 6.54 Å². The Morgan fingerprint density at radius 2 is 2.05 bits per heavy atom. The van der Waals surface area contributed by atoms with E-state index in [-0.39, 0.29) is 18.2 Å². The van der Waals surface area contributed by atoms with Crippen molar-refractivity contribution in [3.05, 3.63) is 34.4 Å². The van der Waals surface area contributed by atoms with Gasteiger partial charge in [-0.3, -0.25) is 14.9 Å². The van der Waals surface area contributed by atoms with Crippen LogP contribution in [-0.4, -0.2) is 34.2 Å². The first-order valence-electron chi connectivity index (χ1n) is 6.68. The molecule has 1 aromatic rings. The first-order chi connectivity index (χ1) is 9.78. The number of aliphatic carboxylic acids is 1. The molecule has 0 spiro atoms. The molecule has 0 saturated heterocycles. The van der Waals surface area contributed by atoms with Gasteiger partial charge in [-0.05, 0) is 32.5 Å². The van der Waals surface area contributed by atoms with Gasteiger partial charge in [-0.25, -0.2) is 0 Å². The third-order valence-corrected chi connectivity index (χ3v) is 3.12. The molecule has 0 aromatic heterocycles. The maximum Gasteiger partial charge on any atom is 0.323 e. The van der Waals surface area contributed by atoms with E-state index < -0.39 is 16.4 Å². The first-order valence-corrected chi connectivity index (χ1v) is 6.68. The van der Waals surface area contributed by atoms with Crippen LogP contribution in [-0.2, 0) is 4.79 Å². The molecule has 1 aromatic carbocycles. The smallest absolute Gasteiger partial charge is 0.323 e. The molecule has 0 saturated carbocycles. The second-order valence-corrected chi connectivity index (χ2v) is 5.05. The minimum absolute atomic E-state index is 0.0157. The van der Waals surface area contributed by atoms with Gasteiger partial charge in [0.2, 0.25) is 0 Å². The zero-order chi connectivity index (χ0) is 16.0. The molecule has 116 valence electrons. The fourth-order valence-electron chi connectivity index (χ4n) is 2.12. The lowest BCUT2D eigenvalue weighted by Crippen LogP contribution is -2.51. The molecule has 7 heteroatoms. The summed E-state index contributed by atoms with van der Waals surface area (Å²) in [6.07, 6.45) is -0.0840. The summed E-state index contributed by atoms with van der Waals surface area (Å²) in [6, 6.07) is 5.70. The highest BCUT2D eigenvalue weighted by atomic mass is 16.6. The number of likely N-dealkylation sites (N-methyl/N-ethyl adjacent to an activating group) is 1. The molecule has 0 heterocycles. The number of nitro groups is 1. The Labute approximate surface area is 123 Å². The monoisotopic (exact) mass is 296 g/mol. The van der Waals surface area contributed by atoms with E-state index in [2.05, 4.69) is 5.32 Å². The van der Waals surface area contributed by atoms with Crippen LogP contribution in [0.3, 0.4) is 0 Å². The summed E-state index contributed by atoms with van der Waals surface area (Å²) in [5.41, 5.74) is -1.09. The van der Waals surface area contributed by atoms with Crippen LogP contribution >= 0.6 is 0 Å². The third-order valence-electron chi connectivity index (χ3n) is 3.12. The number of hydrogen-bond donors (Lipinski definition) is 2. The Hall–Kier alpha value is -2.15. The highest BCUT2D eigenvalue weighted by Gasteiger charge is 2.34. The summed E-state index contributed by atoms with van der Waals surface area (Å²) < 4.78 is 5.62. The molecule has 7 nitrogen and oxygen atoms in total. The van der Waals surface area contributed by atoms with Gasteiger partial charge in [0.05, 0.1) is 11.0 Å². The number of ether oxygens (including phenoxy) is 1. The number of benzene rings is 1. The number of rotatable bonds is 8. The number of carbonyl (C=O) groups is 1. The van der Waals surface area contributed by atoms with Gasteiger partial charge in [0.1, 0.15) is 11.3 Å². The van der Waals surface area contributed by atoms with Crippen molar-refractivity contribution in [1.82, 2.24) is 5.32 Å². The fraction of sp³-hybridized carbons (Fsp3) is 0.500. The van der Waals surface area contributed by atoms with E-state index in [0.29, 0.717) is 12.3 Å². The van der Waals surface area contributed by atoms with Gasteiger partial charge in [0.15, 0.2) is 0 Å². The Kier molecular flexibility index (Phi) is 5.66. The number of nitrogens with one attached hydrogen (secondary N) is 1. The lowest BCUT2D eigenvalue weighted by Gasteiger charge is -2.29. The van der Waals surface area contributed by atoms with E-state index >= 15 is 0 Å². The molecule has 0 fully saturated rings. The van der Waals surface area contributed by atoms with Crippen LogP contribution in [0.2, 0.25) is 0 Å². The van der Waals surface area contributed by atoms with Crippen LogP contribution in [0.1, 0.15) is 27.2 Å². The van der Waals surface area contributed by atoms with Crippen LogP contribution in [0.15, 0.2) is 24.3 Å². The standard InChI is InChI=1S/C14H20N2O5/c1-4-15-14(3,13(17)18)9-10(2)21-12-7-5-11(6-8-12)16(19)20/h5-8,10,15H,4,9H2,1-3H3,(H,17,18). The van der Waals surface area contributed by atoms with E-state index in [1.54, 1.807) is 13.8 Å². The Morgan fingerprint density at radius 3 is 2.48 bits per heavy atom. The highest BCUT2D eigenvalue weighted by Crippen LogP contribution is 2.21. The van der Waals surface area contributed by atoms with Gasteiger partial charge < -0.3 is 15.2 Å². The van der Waals surface area contributed by atoms with Crippen molar-refractivity contribution in [2.45, 2.75) is 38.8 Å². The minimum Gasteiger partial charge on any atom is -0.491 e. The number of nitrogens with zero attached hydrogens (tertiary/aromatic N) is 1. The van der Waals surface area contributed by atoms with E-state index in [0.717, 1.165) is 0 Å². The molecule has 0 amide bonds. The van der Waals surface area contributed by atoms with Crippen LogP contribution in [0, 0.1) is 10.1 Å². The molecular weight excluding hydrogens is 276 g/mol. The third kappa shape index (κ3) is 4.71. The molecule has 2 N–H and O–H groups in total. The number of carboxylic acid groups (broad SMARTS) is 1. The highest BCUT2D eigenvalue weighted by molar-refractivity contribution is 5.78. The molecule has 21 heavy (non-hydrogen) atoms. The Morgan fingerprint density at radius 1 is 1.48 bits per heavy atom. The largest absolute Gasteiger partial charge is 0.491 e. The lowest BCUT2D eigenvalue weighted by atomic mass is 9.95. The van der Waals surface area contributed by atoms with Crippen molar-refractivity contribution in [3.63, 3.8) is 0 Å². The van der Waals surface area contributed by atoms with E-state index in [4.69, 9.17) is 4.74 Å². The van der Waals surface area contributed by atoms with Crippen LogP contribution in [0.5, 0.6) is 5.75 Å². The zero-order valence-electron chi connectivity index (χ0n) is 12.3. The normalized spacial score (nSPS) is 15.0. The second-order valence-electron chi connectivity index (χ2n) is 5.05. The Bertz CT molecular complexity index is 503. The van der Waals surface area contributed by atoms with Crippen molar-refractivity contribution in [1.29, 1.82) is 0 Å². The summed E-state index contributed by atoms with van der Waals surface area (Å²) in [5, 5.41) is 22.8. The van der Waals surface area contributed by atoms with E-state index in [9.17, 15) is 20.0 Å². The number of carboxylic acids is 1. The molecular formula is C14H20N2O5. The van der Waals surface area contributed by atoms with Crippen LogP contribution in [0.25, 0.3) is 0 Å². The molecule has 0 aliphatic heterocycles. The average molecular weight is 296 g/mol. The molecule has 2 atom stereocenters. The molecule has 0 bridgehead atoms. The van der Waals surface area contributed by atoms with Gasteiger partial charge in [-0.1, -0.05) is 6.92 Å². The molecule has 1 rings (SSSR count). The predicted octanol–water partition coefficient (Wildman–Crippen LogP) is 2.21. The van der Waals surface area contributed by atoms with Crippen molar-refractivity contribution >= 4 is 11.7 Å². The second kappa shape index (κ2) is 7.03. The van der Waals surface area contributed by atoms with Crippen LogP contribution < -0.4 is 10.1 Å². The quantitative estimate of drug-likeness (QED) is 0.563. The summed E-state index contributed by atoms with van der Waals surface area (Å²) in [7, 11) is 0. The summed E-state index contributed by atoms with van der Waals surface area (Å²) >= 11 is 0. The fourth-order valence-corrected chi connectivity index (χ4v) is 2.12. The van der Waals surface area contributed by atoms with Gasteiger partial charge in [-0.15, -0.1) is 0 Å². The van der Waals surface area contributed by atoms with E-state index in [1.165, 1.54) is 24.3 Å². The summed E-state index contributed by atoms with van der Waals surface area (Å²) in [6.45, 7) is 5.74. The first kappa shape index (κ1) is 16.9. The minimum atomic E-state index is -1.07. The van der Waals surface area contributed by atoms with E-state index in [1.807, 2.05) is 6.92 Å². The lowest BCUT2D eigenvalue weighted by molar-refractivity contribution is -0.384. The van der Waals surface area contributed by atoms with Crippen LogP contribution in [0.4, 0.5) is 5.69 Å². The maximum atomic E-state index is 11.3. The zero-order valence-corrected chi connectivity index (χ0v) is 12.3. The summed E-state index contributed by atoms with van der Waals surface area (Å²) in [4.78, 5) is 21.4. The van der Waals surface area contributed by atoms with Gasteiger partial charge in [0.25, 0.3) is 5.69 Å². The molecule has 0 radical (unpaired) electrons. The number of hydrogen-bond acceptors (Lipinski definition) is 5. The van der Waals surface area contributed by atoms with Crippen molar-refractivity contribution < 1.29 is 19.6 Å². The Balaban J connectivity index is 2.69.